The highest BCUT2D eigenvalue weighted by Crippen LogP contribution is 2.07. The van der Waals surface area contributed by atoms with Gasteiger partial charge in [0.15, 0.2) is 0 Å². The third kappa shape index (κ3) is 3.64. The summed E-state index contributed by atoms with van der Waals surface area (Å²) in [5, 5.41) is 4.95. The molecule has 0 bridgehead atoms. The van der Waals surface area contributed by atoms with Gasteiger partial charge in [-0.25, -0.2) is 0 Å². The van der Waals surface area contributed by atoms with Gasteiger partial charge in [-0.15, -0.1) is 11.3 Å². The van der Waals surface area contributed by atoms with Crippen molar-refractivity contribution < 1.29 is 4.79 Å². The van der Waals surface area contributed by atoms with E-state index in [4.69, 9.17) is 0 Å². The van der Waals surface area contributed by atoms with E-state index in [0.717, 1.165) is 6.54 Å². The summed E-state index contributed by atoms with van der Waals surface area (Å²) in [6.07, 6.45) is 0. The molecule has 1 atom stereocenters. The van der Waals surface area contributed by atoms with E-state index in [0.29, 0.717) is 6.54 Å². The number of likely N-dealkylation sites (N-methyl/N-ethyl adjacent to an activating group) is 1. The predicted octanol–water partition coefficient (Wildman–Crippen LogP) is 1.70. The standard InChI is InChI=1S/C11H18N2OS/c1-4-13(3)9(2)11(14)12-8-10-6-5-7-15-10/h5-7,9H,4,8H2,1-3H3,(H,12,14). The van der Waals surface area contributed by atoms with E-state index in [2.05, 4.69) is 5.32 Å². The lowest BCUT2D eigenvalue weighted by Gasteiger charge is -2.21. The number of carbonyl (C=O) groups excluding carboxylic acids is 1. The van der Waals surface area contributed by atoms with Crippen LogP contribution in [0.5, 0.6) is 0 Å². The maximum atomic E-state index is 11.7. The van der Waals surface area contributed by atoms with Crippen LogP contribution in [-0.2, 0) is 11.3 Å². The largest absolute Gasteiger partial charge is 0.350 e. The molecule has 0 saturated heterocycles. The topological polar surface area (TPSA) is 32.3 Å². The molecule has 4 heteroatoms. The summed E-state index contributed by atoms with van der Waals surface area (Å²) in [4.78, 5) is 14.9. The van der Waals surface area contributed by atoms with Gasteiger partial charge in [0.2, 0.25) is 5.91 Å². The minimum absolute atomic E-state index is 0.0602. The molecule has 15 heavy (non-hydrogen) atoms. The Morgan fingerprint density at radius 1 is 1.67 bits per heavy atom. The van der Waals surface area contributed by atoms with Crippen molar-refractivity contribution in [3.05, 3.63) is 22.4 Å². The first-order valence-corrected chi connectivity index (χ1v) is 6.03. The SMILES string of the molecule is CCN(C)C(C)C(=O)NCc1cccs1. The molecule has 1 unspecified atom stereocenters. The normalized spacial score (nSPS) is 12.8. The van der Waals surface area contributed by atoms with Gasteiger partial charge in [-0.3, -0.25) is 9.69 Å². The van der Waals surface area contributed by atoms with Crippen molar-refractivity contribution in [2.24, 2.45) is 0 Å². The Hall–Kier alpha value is -0.870. The smallest absolute Gasteiger partial charge is 0.237 e. The second kappa shape index (κ2) is 5.88. The number of carbonyl (C=O) groups is 1. The van der Waals surface area contributed by atoms with Crippen molar-refractivity contribution in [3.63, 3.8) is 0 Å². The van der Waals surface area contributed by atoms with Crippen molar-refractivity contribution in [1.29, 1.82) is 0 Å². The first kappa shape index (κ1) is 12.2. The predicted molar refractivity (Wildman–Crippen MR) is 63.9 cm³/mol. The van der Waals surface area contributed by atoms with Crippen LogP contribution in [0.25, 0.3) is 0 Å². The number of amides is 1. The van der Waals surface area contributed by atoms with Gasteiger partial charge in [0.1, 0.15) is 0 Å². The van der Waals surface area contributed by atoms with E-state index in [-0.39, 0.29) is 11.9 Å². The summed E-state index contributed by atoms with van der Waals surface area (Å²) in [7, 11) is 1.95. The highest BCUT2D eigenvalue weighted by molar-refractivity contribution is 7.09. The Morgan fingerprint density at radius 2 is 2.40 bits per heavy atom. The Morgan fingerprint density at radius 3 is 2.93 bits per heavy atom. The number of rotatable bonds is 5. The monoisotopic (exact) mass is 226 g/mol. The molecule has 0 aromatic carbocycles. The summed E-state index contributed by atoms with van der Waals surface area (Å²) in [6.45, 7) is 5.49. The van der Waals surface area contributed by atoms with Gasteiger partial charge in [-0.1, -0.05) is 13.0 Å². The van der Waals surface area contributed by atoms with E-state index >= 15 is 0 Å². The zero-order valence-corrected chi connectivity index (χ0v) is 10.3. The first-order chi connectivity index (χ1) is 7.15. The lowest BCUT2D eigenvalue weighted by atomic mass is 10.3. The fourth-order valence-electron chi connectivity index (χ4n) is 1.21. The highest BCUT2D eigenvalue weighted by Gasteiger charge is 2.15. The molecule has 0 spiro atoms. The molecule has 0 fully saturated rings. The Labute approximate surface area is 95.1 Å². The van der Waals surface area contributed by atoms with Crippen molar-refractivity contribution in [2.45, 2.75) is 26.4 Å². The molecular weight excluding hydrogens is 208 g/mol. The van der Waals surface area contributed by atoms with Gasteiger partial charge in [0.05, 0.1) is 12.6 Å². The van der Waals surface area contributed by atoms with Crippen LogP contribution in [0.15, 0.2) is 17.5 Å². The highest BCUT2D eigenvalue weighted by atomic mass is 32.1. The van der Waals surface area contributed by atoms with E-state index < -0.39 is 0 Å². The molecule has 1 N–H and O–H groups in total. The van der Waals surface area contributed by atoms with E-state index in [1.807, 2.05) is 43.3 Å². The third-order valence-corrected chi connectivity index (χ3v) is 3.43. The van der Waals surface area contributed by atoms with Crippen molar-refractivity contribution in [3.8, 4) is 0 Å². The van der Waals surface area contributed by atoms with Crippen LogP contribution < -0.4 is 5.32 Å². The van der Waals surface area contributed by atoms with Crippen LogP contribution in [0.3, 0.4) is 0 Å². The van der Waals surface area contributed by atoms with Gasteiger partial charge in [-0.2, -0.15) is 0 Å². The molecule has 1 heterocycles. The summed E-state index contributed by atoms with van der Waals surface area (Å²) >= 11 is 1.66. The average molecular weight is 226 g/mol. The Bertz CT molecular complexity index is 298. The van der Waals surface area contributed by atoms with Crippen LogP contribution >= 0.6 is 11.3 Å². The zero-order chi connectivity index (χ0) is 11.3. The Balaban J connectivity index is 2.36. The molecule has 1 aromatic rings. The molecule has 0 saturated carbocycles. The minimum atomic E-state index is -0.0602. The average Bonchev–Trinajstić information content (AvgIpc) is 2.76. The van der Waals surface area contributed by atoms with Gasteiger partial charge in [-0.05, 0) is 32.0 Å². The number of hydrogen-bond donors (Lipinski definition) is 1. The zero-order valence-electron chi connectivity index (χ0n) is 9.49. The third-order valence-electron chi connectivity index (χ3n) is 2.56. The lowest BCUT2D eigenvalue weighted by molar-refractivity contribution is -0.125. The molecule has 3 nitrogen and oxygen atoms in total. The van der Waals surface area contributed by atoms with Gasteiger partial charge in [0.25, 0.3) is 0 Å². The molecule has 0 aliphatic carbocycles. The Kier molecular flexibility index (Phi) is 4.78. The number of thiophene rings is 1. The number of hydrogen-bond acceptors (Lipinski definition) is 3. The summed E-state index contributed by atoms with van der Waals surface area (Å²) in [5.41, 5.74) is 0. The summed E-state index contributed by atoms with van der Waals surface area (Å²) in [6, 6.07) is 3.96. The molecule has 1 aromatic heterocycles. The van der Waals surface area contributed by atoms with Crippen LogP contribution in [0, 0.1) is 0 Å². The quantitative estimate of drug-likeness (QED) is 0.829. The van der Waals surface area contributed by atoms with Crippen molar-refractivity contribution in [1.82, 2.24) is 10.2 Å². The molecule has 0 aliphatic rings. The maximum Gasteiger partial charge on any atom is 0.237 e. The fraction of sp³-hybridized carbons (Fsp3) is 0.545. The lowest BCUT2D eigenvalue weighted by Crippen LogP contribution is -2.42. The van der Waals surface area contributed by atoms with Gasteiger partial charge >= 0.3 is 0 Å². The second-order valence-corrected chi connectivity index (χ2v) is 4.58. The summed E-state index contributed by atoms with van der Waals surface area (Å²) in [5.74, 6) is 0.0905. The minimum Gasteiger partial charge on any atom is -0.350 e. The summed E-state index contributed by atoms with van der Waals surface area (Å²) < 4.78 is 0. The maximum absolute atomic E-state index is 11.7. The van der Waals surface area contributed by atoms with Crippen LogP contribution in [0.1, 0.15) is 18.7 Å². The van der Waals surface area contributed by atoms with Gasteiger partial charge in [0, 0.05) is 4.88 Å². The van der Waals surface area contributed by atoms with Crippen LogP contribution in [0.4, 0.5) is 0 Å². The van der Waals surface area contributed by atoms with Crippen LogP contribution in [0.2, 0.25) is 0 Å². The van der Waals surface area contributed by atoms with E-state index in [9.17, 15) is 4.79 Å². The second-order valence-electron chi connectivity index (χ2n) is 3.55. The molecule has 0 radical (unpaired) electrons. The fourth-order valence-corrected chi connectivity index (χ4v) is 1.85. The van der Waals surface area contributed by atoms with E-state index in [1.165, 1.54) is 4.88 Å². The molecule has 1 amide bonds. The van der Waals surface area contributed by atoms with Crippen LogP contribution in [-0.4, -0.2) is 30.4 Å². The van der Waals surface area contributed by atoms with Gasteiger partial charge < -0.3 is 5.32 Å². The molecule has 84 valence electrons. The number of nitrogens with one attached hydrogen (secondary N) is 1. The van der Waals surface area contributed by atoms with E-state index in [1.54, 1.807) is 11.3 Å². The van der Waals surface area contributed by atoms with Crippen molar-refractivity contribution >= 4 is 17.2 Å². The molecule has 1 rings (SSSR count). The molecule has 0 aliphatic heterocycles. The first-order valence-electron chi connectivity index (χ1n) is 5.15. The number of nitrogens with zero attached hydrogens (tertiary/aromatic N) is 1. The van der Waals surface area contributed by atoms with Crippen molar-refractivity contribution in [2.75, 3.05) is 13.6 Å². The molecular formula is C11H18N2OS.